The van der Waals surface area contributed by atoms with Gasteiger partial charge in [-0.15, -0.1) is 0 Å². The van der Waals surface area contributed by atoms with Crippen LogP contribution < -0.4 is 10.6 Å². The van der Waals surface area contributed by atoms with Gasteiger partial charge in [0, 0.05) is 36.4 Å². The number of nitrogens with two attached hydrogens (primary N) is 1. The number of pyridine rings is 1. The van der Waals surface area contributed by atoms with E-state index in [1.807, 2.05) is 35.2 Å². The summed E-state index contributed by atoms with van der Waals surface area (Å²) >= 11 is 3.21. The fraction of sp³-hybridized carbons (Fsp3) is 0.214. The fourth-order valence-corrected chi connectivity index (χ4v) is 2.34. The maximum atomic E-state index is 11.2. The number of hydrogen-bond donors (Lipinski definition) is 1. The average Bonchev–Trinajstić information content (AvgIpc) is 2.48. The Balaban J connectivity index is 2.36. The number of nitro groups is 1. The lowest BCUT2D eigenvalue weighted by molar-refractivity contribution is -0.384. The summed E-state index contributed by atoms with van der Waals surface area (Å²) in [5.74, 6) is 0.331. The molecule has 0 fully saturated rings. The van der Waals surface area contributed by atoms with Crippen molar-refractivity contribution in [1.29, 1.82) is 0 Å². The second-order valence-corrected chi connectivity index (χ2v) is 5.36. The van der Waals surface area contributed by atoms with Crippen LogP contribution in [0, 0.1) is 10.1 Å². The highest BCUT2D eigenvalue weighted by Gasteiger charge is 2.21. The van der Waals surface area contributed by atoms with Crippen LogP contribution in [0.25, 0.3) is 0 Å². The van der Waals surface area contributed by atoms with Crippen LogP contribution in [0.3, 0.4) is 0 Å². The van der Waals surface area contributed by atoms with E-state index in [4.69, 9.17) is 5.73 Å². The van der Waals surface area contributed by atoms with E-state index in [2.05, 4.69) is 20.9 Å². The van der Waals surface area contributed by atoms with E-state index in [1.54, 1.807) is 6.20 Å². The molecule has 0 bridgehead atoms. The van der Waals surface area contributed by atoms with Crippen molar-refractivity contribution < 1.29 is 4.92 Å². The van der Waals surface area contributed by atoms with E-state index in [9.17, 15) is 10.1 Å². The van der Waals surface area contributed by atoms with Gasteiger partial charge in [-0.05, 0) is 21.5 Å². The van der Waals surface area contributed by atoms with Crippen LogP contribution in [-0.2, 0) is 6.54 Å². The molecule has 0 atom stereocenters. The first kappa shape index (κ1) is 15.4. The molecular weight excluding hydrogens is 336 g/mol. The average molecular weight is 351 g/mol. The highest BCUT2D eigenvalue weighted by Crippen LogP contribution is 2.29. The Morgan fingerprint density at radius 2 is 2.05 bits per heavy atom. The van der Waals surface area contributed by atoms with Crippen LogP contribution in [0.2, 0.25) is 0 Å². The molecule has 0 aliphatic heterocycles. The summed E-state index contributed by atoms with van der Waals surface area (Å²) in [6.45, 7) is 1.40. The Morgan fingerprint density at radius 1 is 1.33 bits per heavy atom. The van der Waals surface area contributed by atoms with Gasteiger partial charge >= 0.3 is 5.69 Å². The lowest BCUT2D eigenvalue weighted by Gasteiger charge is -2.22. The van der Waals surface area contributed by atoms with Crippen molar-refractivity contribution in [2.75, 3.05) is 18.0 Å². The molecule has 0 saturated heterocycles. The van der Waals surface area contributed by atoms with Gasteiger partial charge in [-0.1, -0.05) is 30.3 Å². The summed E-state index contributed by atoms with van der Waals surface area (Å²) in [6.07, 6.45) is 1.55. The van der Waals surface area contributed by atoms with Crippen LogP contribution >= 0.6 is 15.9 Å². The molecular formula is C14H15BrN4O2. The van der Waals surface area contributed by atoms with Gasteiger partial charge in [0.1, 0.15) is 0 Å². The zero-order valence-electron chi connectivity index (χ0n) is 11.3. The van der Waals surface area contributed by atoms with Gasteiger partial charge in [0.05, 0.1) is 4.92 Å². The van der Waals surface area contributed by atoms with E-state index in [-0.39, 0.29) is 5.69 Å². The van der Waals surface area contributed by atoms with Crippen molar-refractivity contribution in [1.82, 2.24) is 4.98 Å². The SMILES string of the molecule is NCCN(Cc1ccccc1)c1ncc(Br)cc1[N+](=O)[O-]. The minimum Gasteiger partial charge on any atom is -0.345 e. The van der Waals surface area contributed by atoms with Crippen LogP contribution in [0.5, 0.6) is 0 Å². The normalized spacial score (nSPS) is 10.4. The molecule has 0 amide bonds. The van der Waals surface area contributed by atoms with Crippen molar-refractivity contribution >= 4 is 27.4 Å². The first-order valence-corrected chi connectivity index (χ1v) is 7.20. The monoisotopic (exact) mass is 350 g/mol. The minimum absolute atomic E-state index is 0.0336. The summed E-state index contributed by atoms with van der Waals surface area (Å²) in [5.41, 5.74) is 6.64. The third-order valence-corrected chi connectivity index (χ3v) is 3.36. The van der Waals surface area contributed by atoms with Gasteiger partial charge in [0.2, 0.25) is 5.82 Å². The largest absolute Gasteiger partial charge is 0.345 e. The van der Waals surface area contributed by atoms with Crippen LogP contribution in [0.4, 0.5) is 11.5 Å². The molecule has 2 N–H and O–H groups in total. The Labute approximate surface area is 130 Å². The summed E-state index contributed by atoms with van der Waals surface area (Å²) < 4.78 is 0.574. The molecule has 0 aliphatic carbocycles. The topological polar surface area (TPSA) is 85.3 Å². The van der Waals surface area contributed by atoms with Crippen LogP contribution in [0.15, 0.2) is 47.1 Å². The minimum atomic E-state index is -0.429. The molecule has 0 spiro atoms. The quantitative estimate of drug-likeness (QED) is 0.639. The molecule has 0 aliphatic rings. The number of anilines is 1. The highest BCUT2D eigenvalue weighted by atomic mass is 79.9. The molecule has 0 radical (unpaired) electrons. The van der Waals surface area contributed by atoms with Gasteiger partial charge < -0.3 is 10.6 Å². The van der Waals surface area contributed by atoms with Crippen molar-refractivity contribution in [3.63, 3.8) is 0 Å². The maximum absolute atomic E-state index is 11.2. The molecule has 0 unspecified atom stereocenters. The summed E-state index contributed by atoms with van der Waals surface area (Å²) in [7, 11) is 0. The maximum Gasteiger partial charge on any atom is 0.312 e. The van der Waals surface area contributed by atoms with E-state index in [1.165, 1.54) is 6.07 Å². The number of aromatic nitrogens is 1. The van der Waals surface area contributed by atoms with Crippen molar-refractivity contribution in [3.8, 4) is 0 Å². The molecule has 110 valence electrons. The molecule has 0 saturated carbocycles. The predicted octanol–water partition coefficient (Wildman–Crippen LogP) is 2.72. The summed E-state index contributed by atoms with van der Waals surface area (Å²) in [6, 6.07) is 11.2. The molecule has 21 heavy (non-hydrogen) atoms. The fourth-order valence-electron chi connectivity index (χ4n) is 2.02. The van der Waals surface area contributed by atoms with Crippen molar-refractivity contribution in [2.45, 2.75) is 6.54 Å². The van der Waals surface area contributed by atoms with Gasteiger partial charge in [0.15, 0.2) is 0 Å². The summed E-state index contributed by atoms with van der Waals surface area (Å²) in [4.78, 5) is 16.8. The lowest BCUT2D eigenvalue weighted by atomic mass is 10.2. The van der Waals surface area contributed by atoms with Crippen molar-refractivity contribution in [3.05, 3.63) is 62.7 Å². The number of rotatable bonds is 6. The molecule has 1 heterocycles. The lowest BCUT2D eigenvalue weighted by Crippen LogP contribution is -2.30. The zero-order valence-corrected chi connectivity index (χ0v) is 12.9. The number of nitrogens with zero attached hydrogens (tertiary/aromatic N) is 3. The predicted molar refractivity (Wildman–Crippen MR) is 85.1 cm³/mol. The first-order valence-electron chi connectivity index (χ1n) is 6.40. The smallest absolute Gasteiger partial charge is 0.312 e. The van der Waals surface area contributed by atoms with Gasteiger partial charge in [-0.2, -0.15) is 0 Å². The molecule has 2 aromatic rings. The number of hydrogen-bond acceptors (Lipinski definition) is 5. The van der Waals surface area contributed by atoms with Crippen LogP contribution in [-0.4, -0.2) is 23.0 Å². The number of halogens is 1. The number of benzene rings is 1. The molecule has 6 nitrogen and oxygen atoms in total. The highest BCUT2D eigenvalue weighted by molar-refractivity contribution is 9.10. The Bertz CT molecular complexity index is 622. The first-order chi connectivity index (χ1) is 10.1. The Kier molecular flexibility index (Phi) is 5.24. The Morgan fingerprint density at radius 3 is 2.67 bits per heavy atom. The Hall–Kier alpha value is -1.99. The molecule has 2 rings (SSSR count). The van der Waals surface area contributed by atoms with Crippen molar-refractivity contribution in [2.24, 2.45) is 5.73 Å². The van der Waals surface area contributed by atoms with Gasteiger partial charge in [-0.3, -0.25) is 10.1 Å². The second-order valence-electron chi connectivity index (χ2n) is 4.45. The van der Waals surface area contributed by atoms with E-state index < -0.39 is 4.92 Å². The second kappa shape index (κ2) is 7.14. The molecule has 1 aromatic heterocycles. The third kappa shape index (κ3) is 3.99. The molecule has 7 heteroatoms. The third-order valence-electron chi connectivity index (χ3n) is 2.93. The van der Waals surface area contributed by atoms with Gasteiger partial charge in [-0.25, -0.2) is 4.98 Å². The standard InChI is InChI=1S/C14H15BrN4O2/c15-12-8-13(19(20)21)14(17-9-12)18(7-6-16)10-11-4-2-1-3-5-11/h1-5,8-9H,6-7,10,16H2. The van der Waals surface area contributed by atoms with E-state index in [0.717, 1.165) is 5.56 Å². The van der Waals surface area contributed by atoms with E-state index in [0.29, 0.717) is 29.9 Å². The summed E-state index contributed by atoms with van der Waals surface area (Å²) in [5, 5.41) is 11.2. The zero-order chi connectivity index (χ0) is 15.2. The van der Waals surface area contributed by atoms with Gasteiger partial charge in [0.25, 0.3) is 0 Å². The van der Waals surface area contributed by atoms with Crippen LogP contribution in [0.1, 0.15) is 5.56 Å². The molecule has 1 aromatic carbocycles. The van der Waals surface area contributed by atoms with E-state index >= 15 is 0 Å².